The lowest BCUT2D eigenvalue weighted by molar-refractivity contribution is -0.00290. The van der Waals surface area contributed by atoms with Gasteiger partial charge in [-0.15, -0.1) is 10.2 Å². The SMILES string of the molecule is COCCCCCOC1CCN(C(C)CCCc2nnc(N)s2)CC1. The molecule has 144 valence electrons. The van der Waals surface area contributed by atoms with Gasteiger partial charge >= 0.3 is 0 Å². The Kier molecular flexibility index (Phi) is 9.68. The summed E-state index contributed by atoms with van der Waals surface area (Å²) in [7, 11) is 1.76. The topological polar surface area (TPSA) is 73.5 Å². The van der Waals surface area contributed by atoms with Crippen LogP contribution in [0.1, 0.15) is 56.9 Å². The number of ether oxygens (including phenoxy) is 2. The lowest BCUT2D eigenvalue weighted by Gasteiger charge is -2.36. The number of rotatable bonds is 12. The quantitative estimate of drug-likeness (QED) is 0.570. The first-order valence-corrected chi connectivity index (χ1v) is 10.4. The third-order valence-corrected chi connectivity index (χ3v) is 5.75. The molecule has 0 spiro atoms. The van der Waals surface area contributed by atoms with E-state index in [9.17, 15) is 0 Å². The van der Waals surface area contributed by atoms with Crippen LogP contribution in [0.4, 0.5) is 5.13 Å². The molecule has 2 heterocycles. The average molecular weight is 371 g/mol. The Bertz CT molecular complexity index is 464. The van der Waals surface area contributed by atoms with Gasteiger partial charge in [0.25, 0.3) is 0 Å². The standard InChI is InChI=1S/C18H34N4O2S/c1-15(7-6-8-17-20-21-18(19)25-17)22-11-9-16(10-12-22)24-14-5-3-4-13-23-2/h15-16H,3-14H2,1-2H3,(H2,19,21). The number of hydrogen-bond acceptors (Lipinski definition) is 7. The number of hydrogen-bond donors (Lipinski definition) is 1. The van der Waals surface area contributed by atoms with Crippen molar-refractivity contribution in [2.45, 2.75) is 70.4 Å². The molecule has 1 aromatic rings. The van der Waals surface area contributed by atoms with Crippen molar-refractivity contribution in [3.05, 3.63) is 5.01 Å². The van der Waals surface area contributed by atoms with E-state index in [0.29, 0.717) is 17.3 Å². The number of nitrogen functional groups attached to an aromatic ring is 1. The monoisotopic (exact) mass is 370 g/mol. The number of aryl methyl sites for hydroxylation is 1. The summed E-state index contributed by atoms with van der Waals surface area (Å²) in [5, 5.41) is 9.60. The molecule has 7 heteroatoms. The van der Waals surface area contributed by atoms with Gasteiger partial charge in [0.1, 0.15) is 5.01 Å². The van der Waals surface area contributed by atoms with Crippen molar-refractivity contribution < 1.29 is 9.47 Å². The molecule has 1 atom stereocenters. The molecule has 25 heavy (non-hydrogen) atoms. The second-order valence-corrected chi connectivity index (χ2v) is 8.03. The Balaban J connectivity index is 1.51. The lowest BCUT2D eigenvalue weighted by atomic mass is 10.0. The summed E-state index contributed by atoms with van der Waals surface area (Å²) >= 11 is 1.51. The maximum atomic E-state index is 6.04. The molecule has 2 N–H and O–H groups in total. The van der Waals surface area contributed by atoms with Gasteiger partial charge in [0, 0.05) is 45.9 Å². The minimum Gasteiger partial charge on any atom is -0.385 e. The van der Waals surface area contributed by atoms with Gasteiger partial charge in [-0.2, -0.15) is 0 Å². The number of unbranched alkanes of at least 4 members (excludes halogenated alkanes) is 2. The second-order valence-electron chi connectivity index (χ2n) is 6.93. The summed E-state index contributed by atoms with van der Waals surface area (Å²) in [5.74, 6) is 0. The molecule has 1 unspecified atom stereocenters. The van der Waals surface area contributed by atoms with Gasteiger partial charge in [-0.05, 0) is 51.9 Å². The first-order chi connectivity index (χ1) is 12.2. The minimum atomic E-state index is 0.454. The first-order valence-electron chi connectivity index (χ1n) is 9.61. The van der Waals surface area contributed by atoms with Crippen molar-refractivity contribution in [1.82, 2.24) is 15.1 Å². The van der Waals surface area contributed by atoms with Crippen molar-refractivity contribution in [1.29, 1.82) is 0 Å². The average Bonchev–Trinajstić information content (AvgIpc) is 3.03. The molecule has 0 radical (unpaired) electrons. The number of nitrogens with zero attached hydrogens (tertiary/aromatic N) is 3. The van der Waals surface area contributed by atoms with Crippen LogP contribution >= 0.6 is 11.3 Å². The van der Waals surface area contributed by atoms with Crippen LogP contribution in [0.15, 0.2) is 0 Å². The van der Waals surface area contributed by atoms with E-state index in [1.54, 1.807) is 7.11 Å². The Morgan fingerprint density at radius 2 is 1.92 bits per heavy atom. The zero-order chi connectivity index (χ0) is 17.9. The van der Waals surface area contributed by atoms with E-state index >= 15 is 0 Å². The highest BCUT2D eigenvalue weighted by molar-refractivity contribution is 7.15. The molecular weight excluding hydrogens is 336 g/mol. The second kappa shape index (κ2) is 11.8. The number of aromatic nitrogens is 2. The van der Waals surface area contributed by atoms with E-state index in [2.05, 4.69) is 22.0 Å². The maximum absolute atomic E-state index is 6.04. The zero-order valence-corrected chi connectivity index (χ0v) is 16.6. The fourth-order valence-electron chi connectivity index (χ4n) is 3.36. The third kappa shape index (κ3) is 7.98. The molecular formula is C18H34N4O2S. The number of likely N-dealkylation sites (tertiary alicyclic amines) is 1. The Morgan fingerprint density at radius 3 is 2.60 bits per heavy atom. The Hall–Kier alpha value is -0.760. The molecule has 2 rings (SSSR count). The lowest BCUT2D eigenvalue weighted by Crippen LogP contribution is -2.42. The summed E-state index contributed by atoms with van der Waals surface area (Å²) in [6, 6.07) is 0.625. The van der Waals surface area contributed by atoms with Gasteiger partial charge in [0.2, 0.25) is 5.13 Å². The van der Waals surface area contributed by atoms with Crippen LogP contribution in [0.3, 0.4) is 0 Å². The highest BCUT2D eigenvalue weighted by atomic mass is 32.1. The fourth-order valence-corrected chi connectivity index (χ4v) is 4.01. The predicted octanol–water partition coefficient (Wildman–Crippen LogP) is 3.13. The molecule has 0 bridgehead atoms. The summed E-state index contributed by atoms with van der Waals surface area (Å²) < 4.78 is 11.1. The van der Waals surface area contributed by atoms with Crippen molar-refractivity contribution in [2.24, 2.45) is 0 Å². The van der Waals surface area contributed by atoms with Crippen LogP contribution in [0.5, 0.6) is 0 Å². The highest BCUT2D eigenvalue weighted by Gasteiger charge is 2.22. The van der Waals surface area contributed by atoms with E-state index in [4.69, 9.17) is 15.2 Å². The van der Waals surface area contributed by atoms with E-state index in [-0.39, 0.29) is 0 Å². The van der Waals surface area contributed by atoms with Gasteiger partial charge in [-0.25, -0.2) is 0 Å². The molecule has 0 aromatic carbocycles. The maximum Gasteiger partial charge on any atom is 0.203 e. The van der Waals surface area contributed by atoms with Crippen LogP contribution in [0.2, 0.25) is 0 Å². The van der Waals surface area contributed by atoms with Crippen molar-refractivity contribution >= 4 is 16.5 Å². The van der Waals surface area contributed by atoms with E-state index in [1.807, 2.05) is 0 Å². The summed E-state index contributed by atoms with van der Waals surface area (Å²) in [4.78, 5) is 2.60. The smallest absolute Gasteiger partial charge is 0.203 e. The molecule has 1 aliphatic rings. The summed E-state index contributed by atoms with van der Waals surface area (Å²) in [6.07, 6.45) is 9.60. The normalized spacial score (nSPS) is 17.8. The Morgan fingerprint density at radius 1 is 1.16 bits per heavy atom. The minimum absolute atomic E-state index is 0.454. The van der Waals surface area contributed by atoms with Crippen molar-refractivity contribution in [3.8, 4) is 0 Å². The fraction of sp³-hybridized carbons (Fsp3) is 0.889. The summed E-state index contributed by atoms with van der Waals surface area (Å²) in [5.41, 5.74) is 5.62. The van der Waals surface area contributed by atoms with Gasteiger partial charge in [-0.1, -0.05) is 11.3 Å². The van der Waals surface area contributed by atoms with E-state index < -0.39 is 0 Å². The van der Waals surface area contributed by atoms with Crippen molar-refractivity contribution in [3.63, 3.8) is 0 Å². The van der Waals surface area contributed by atoms with E-state index in [1.165, 1.54) is 24.2 Å². The first kappa shape index (κ1) is 20.6. The molecule has 0 saturated carbocycles. The third-order valence-electron chi connectivity index (χ3n) is 4.94. The van der Waals surface area contributed by atoms with Crippen molar-refractivity contribution in [2.75, 3.05) is 39.1 Å². The Labute approximate surface area is 156 Å². The van der Waals surface area contributed by atoms with Crippen LogP contribution in [-0.4, -0.2) is 60.7 Å². The number of methoxy groups -OCH3 is 1. The van der Waals surface area contributed by atoms with Crippen LogP contribution in [0.25, 0.3) is 0 Å². The van der Waals surface area contributed by atoms with Crippen LogP contribution in [-0.2, 0) is 15.9 Å². The molecule has 0 amide bonds. The van der Waals surface area contributed by atoms with Gasteiger partial charge < -0.3 is 20.1 Å². The molecule has 1 fully saturated rings. The van der Waals surface area contributed by atoms with Gasteiger partial charge in [-0.3, -0.25) is 0 Å². The van der Waals surface area contributed by atoms with Gasteiger partial charge in [0.05, 0.1) is 6.10 Å². The van der Waals surface area contributed by atoms with Crippen LogP contribution in [0, 0.1) is 0 Å². The highest BCUT2D eigenvalue weighted by Crippen LogP contribution is 2.20. The van der Waals surface area contributed by atoms with Crippen LogP contribution < -0.4 is 5.73 Å². The number of anilines is 1. The van der Waals surface area contributed by atoms with E-state index in [0.717, 1.165) is 69.8 Å². The van der Waals surface area contributed by atoms with Gasteiger partial charge in [0.15, 0.2) is 0 Å². The molecule has 1 aromatic heterocycles. The molecule has 1 saturated heterocycles. The zero-order valence-electron chi connectivity index (χ0n) is 15.8. The molecule has 0 aliphatic carbocycles. The predicted molar refractivity (Wildman–Crippen MR) is 103 cm³/mol. The largest absolute Gasteiger partial charge is 0.385 e. The molecule has 6 nitrogen and oxygen atoms in total. The number of piperidine rings is 1. The summed E-state index contributed by atoms with van der Waals surface area (Å²) in [6.45, 7) is 6.41. The number of nitrogens with two attached hydrogens (primary N) is 1. The molecule has 1 aliphatic heterocycles.